The molecule has 1 aromatic rings. The van der Waals surface area contributed by atoms with E-state index in [9.17, 15) is 4.79 Å². The van der Waals surface area contributed by atoms with Gasteiger partial charge in [0.15, 0.2) is 0 Å². The van der Waals surface area contributed by atoms with E-state index in [0.29, 0.717) is 13.0 Å². The van der Waals surface area contributed by atoms with Crippen molar-refractivity contribution in [1.29, 1.82) is 0 Å². The second kappa shape index (κ2) is 6.98. The number of benzene rings is 1. The Kier molecular flexibility index (Phi) is 5.61. The van der Waals surface area contributed by atoms with Crippen LogP contribution in [0.15, 0.2) is 24.3 Å². The second-order valence-corrected chi connectivity index (χ2v) is 4.27. The Balaban J connectivity index is 2.42. The van der Waals surface area contributed by atoms with E-state index in [2.05, 4.69) is 5.32 Å². The van der Waals surface area contributed by atoms with Crippen molar-refractivity contribution in [3.05, 3.63) is 29.8 Å². The summed E-state index contributed by atoms with van der Waals surface area (Å²) in [6.07, 6.45) is 0.405. The summed E-state index contributed by atoms with van der Waals surface area (Å²) in [6.45, 7) is 2.31. The molecule has 0 bridgehead atoms. The lowest BCUT2D eigenvalue weighted by Crippen LogP contribution is -2.44. The molecule has 1 rings (SSSR count). The first-order valence-electron chi connectivity index (χ1n) is 5.87. The molecule has 4 N–H and O–H groups in total. The Morgan fingerprint density at radius 2 is 2.06 bits per heavy atom. The standard InChI is InChI=1S/C13H20N2O3/c1-9(18-2)8-15-13(17)12(14)7-10-3-5-11(16)6-4-10/h3-6,9,12,16H,7-8,14H2,1-2H3,(H,15,17). The molecule has 0 radical (unpaired) electrons. The normalized spacial score (nSPS) is 13.9. The lowest BCUT2D eigenvalue weighted by Gasteiger charge is -2.15. The Bertz CT molecular complexity index is 378. The van der Waals surface area contributed by atoms with Crippen molar-refractivity contribution < 1.29 is 14.6 Å². The van der Waals surface area contributed by atoms with Gasteiger partial charge < -0.3 is 20.9 Å². The molecule has 0 aliphatic heterocycles. The third-order valence-electron chi connectivity index (χ3n) is 2.69. The topological polar surface area (TPSA) is 84.6 Å². The number of hydrogen-bond acceptors (Lipinski definition) is 4. The molecule has 0 saturated heterocycles. The van der Waals surface area contributed by atoms with Crippen LogP contribution in [0.2, 0.25) is 0 Å². The fraction of sp³-hybridized carbons (Fsp3) is 0.462. The molecular weight excluding hydrogens is 232 g/mol. The van der Waals surface area contributed by atoms with Gasteiger partial charge in [-0.25, -0.2) is 0 Å². The first kappa shape index (κ1) is 14.5. The molecule has 18 heavy (non-hydrogen) atoms. The van der Waals surface area contributed by atoms with E-state index in [1.165, 1.54) is 0 Å². The molecule has 0 spiro atoms. The molecule has 0 fully saturated rings. The molecule has 0 saturated carbocycles. The predicted octanol–water partition coefficient (Wildman–Crippen LogP) is 0.413. The number of ether oxygens (including phenoxy) is 1. The molecule has 1 aromatic carbocycles. The van der Waals surface area contributed by atoms with Crippen LogP contribution in [0, 0.1) is 0 Å². The number of nitrogens with two attached hydrogens (primary N) is 1. The molecule has 0 aliphatic carbocycles. The summed E-state index contributed by atoms with van der Waals surface area (Å²) in [4.78, 5) is 11.7. The highest BCUT2D eigenvalue weighted by Crippen LogP contribution is 2.10. The maximum atomic E-state index is 11.7. The summed E-state index contributed by atoms with van der Waals surface area (Å²) in [5.74, 6) is -0.00216. The Labute approximate surface area is 107 Å². The van der Waals surface area contributed by atoms with Crippen molar-refractivity contribution >= 4 is 5.91 Å². The van der Waals surface area contributed by atoms with Crippen LogP contribution >= 0.6 is 0 Å². The summed E-state index contributed by atoms with van der Waals surface area (Å²) in [6, 6.07) is 6.05. The largest absolute Gasteiger partial charge is 0.508 e. The molecule has 5 heteroatoms. The highest BCUT2D eigenvalue weighted by Gasteiger charge is 2.14. The SMILES string of the molecule is COC(C)CNC(=O)C(N)Cc1ccc(O)cc1. The number of methoxy groups -OCH3 is 1. The average Bonchev–Trinajstić information content (AvgIpc) is 2.38. The van der Waals surface area contributed by atoms with Crippen LogP contribution in [0.3, 0.4) is 0 Å². The van der Waals surface area contributed by atoms with Gasteiger partial charge in [-0.2, -0.15) is 0 Å². The summed E-state index contributed by atoms with van der Waals surface area (Å²) in [5, 5.41) is 11.9. The fourth-order valence-corrected chi connectivity index (χ4v) is 1.44. The van der Waals surface area contributed by atoms with E-state index in [0.717, 1.165) is 5.56 Å². The molecule has 2 unspecified atom stereocenters. The monoisotopic (exact) mass is 252 g/mol. The van der Waals surface area contributed by atoms with E-state index in [4.69, 9.17) is 15.6 Å². The van der Waals surface area contributed by atoms with Gasteiger partial charge in [0.1, 0.15) is 5.75 Å². The number of rotatable bonds is 6. The molecule has 5 nitrogen and oxygen atoms in total. The van der Waals surface area contributed by atoms with Gasteiger partial charge in [-0.1, -0.05) is 12.1 Å². The van der Waals surface area contributed by atoms with Crippen molar-refractivity contribution in [3.8, 4) is 5.75 Å². The zero-order valence-electron chi connectivity index (χ0n) is 10.7. The van der Waals surface area contributed by atoms with E-state index in [1.807, 2.05) is 6.92 Å². The number of aromatic hydroxyl groups is 1. The number of phenols is 1. The van der Waals surface area contributed by atoms with Gasteiger partial charge in [0, 0.05) is 13.7 Å². The van der Waals surface area contributed by atoms with E-state index >= 15 is 0 Å². The number of carbonyl (C=O) groups excluding carboxylic acids is 1. The van der Waals surface area contributed by atoms with Crippen molar-refractivity contribution in [1.82, 2.24) is 5.32 Å². The van der Waals surface area contributed by atoms with Crippen LogP contribution in [-0.4, -0.2) is 36.8 Å². The lowest BCUT2D eigenvalue weighted by atomic mass is 10.1. The Morgan fingerprint density at radius 3 is 2.61 bits per heavy atom. The molecule has 2 atom stereocenters. The Hall–Kier alpha value is -1.59. The smallest absolute Gasteiger partial charge is 0.237 e. The van der Waals surface area contributed by atoms with Gasteiger partial charge in [0.05, 0.1) is 12.1 Å². The molecular formula is C13H20N2O3. The fourth-order valence-electron chi connectivity index (χ4n) is 1.44. The van der Waals surface area contributed by atoms with Gasteiger partial charge in [-0.15, -0.1) is 0 Å². The third kappa shape index (κ3) is 4.73. The minimum Gasteiger partial charge on any atom is -0.508 e. The summed E-state index contributed by atoms with van der Waals surface area (Å²) >= 11 is 0. The zero-order valence-corrected chi connectivity index (χ0v) is 10.7. The van der Waals surface area contributed by atoms with E-state index in [-0.39, 0.29) is 17.8 Å². The summed E-state index contributed by atoms with van der Waals surface area (Å²) in [7, 11) is 1.59. The second-order valence-electron chi connectivity index (χ2n) is 4.27. The summed E-state index contributed by atoms with van der Waals surface area (Å²) in [5.41, 5.74) is 6.71. The van der Waals surface area contributed by atoms with Crippen LogP contribution in [0.4, 0.5) is 0 Å². The quantitative estimate of drug-likeness (QED) is 0.684. The van der Waals surface area contributed by atoms with Crippen LogP contribution < -0.4 is 11.1 Å². The van der Waals surface area contributed by atoms with Crippen molar-refractivity contribution in [2.24, 2.45) is 5.73 Å². The summed E-state index contributed by atoms with van der Waals surface area (Å²) < 4.78 is 5.03. The van der Waals surface area contributed by atoms with Crippen LogP contribution in [0.25, 0.3) is 0 Å². The highest BCUT2D eigenvalue weighted by atomic mass is 16.5. The third-order valence-corrected chi connectivity index (χ3v) is 2.69. The van der Waals surface area contributed by atoms with Crippen molar-refractivity contribution in [2.75, 3.05) is 13.7 Å². The number of hydrogen-bond donors (Lipinski definition) is 3. The zero-order chi connectivity index (χ0) is 13.5. The van der Waals surface area contributed by atoms with Crippen LogP contribution in [-0.2, 0) is 16.0 Å². The van der Waals surface area contributed by atoms with E-state index in [1.54, 1.807) is 31.4 Å². The van der Waals surface area contributed by atoms with Gasteiger partial charge >= 0.3 is 0 Å². The van der Waals surface area contributed by atoms with Crippen molar-refractivity contribution in [3.63, 3.8) is 0 Å². The molecule has 0 aromatic heterocycles. The van der Waals surface area contributed by atoms with Crippen LogP contribution in [0.5, 0.6) is 5.75 Å². The lowest BCUT2D eigenvalue weighted by molar-refractivity contribution is -0.122. The van der Waals surface area contributed by atoms with Gasteiger partial charge in [-0.05, 0) is 31.0 Å². The minimum absolute atomic E-state index is 0.0326. The first-order valence-corrected chi connectivity index (χ1v) is 5.87. The van der Waals surface area contributed by atoms with Crippen LogP contribution in [0.1, 0.15) is 12.5 Å². The number of amides is 1. The minimum atomic E-state index is -0.599. The number of carbonyl (C=O) groups is 1. The first-order chi connectivity index (χ1) is 8.52. The molecule has 0 heterocycles. The number of phenolic OH excluding ortho intramolecular Hbond substituents is 1. The highest BCUT2D eigenvalue weighted by molar-refractivity contribution is 5.81. The predicted molar refractivity (Wildman–Crippen MR) is 69.3 cm³/mol. The number of nitrogens with one attached hydrogen (secondary N) is 1. The maximum absolute atomic E-state index is 11.7. The van der Waals surface area contributed by atoms with E-state index < -0.39 is 6.04 Å². The molecule has 100 valence electrons. The molecule has 1 amide bonds. The molecule has 0 aliphatic rings. The average molecular weight is 252 g/mol. The van der Waals surface area contributed by atoms with Crippen molar-refractivity contribution in [2.45, 2.75) is 25.5 Å². The maximum Gasteiger partial charge on any atom is 0.237 e. The Morgan fingerprint density at radius 1 is 1.44 bits per heavy atom. The van der Waals surface area contributed by atoms with Gasteiger partial charge in [0.2, 0.25) is 5.91 Å². The van der Waals surface area contributed by atoms with Gasteiger partial charge in [-0.3, -0.25) is 4.79 Å². The van der Waals surface area contributed by atoms with Gasteiger partial charge in [0.25, 0.3) is 0 Å².